The normalized spacial score (nSPS) is 10.5. The Morgan fingerprint density at radius 1 is 1.50 bits per heavy atom. The van der Waals surface area contributed by atoms with Gasteiger partial charge >= 0.3 is 0 Å². The lowest BCUT2D eigenvalue weighted by molar-refractivity contribution is -0.385. The molecular weight excluding hydrogens is 330 g/mol. The Bertz CT molecular complexity index is 614. The molecule has 0 saturated carbocycles. The first-order valence-electron chi connectivity index (χ1n) is 5.98. The number of aryl methyl sites for hydroxylation is 1. The summed E-state index contributed by atoms with van der Waals surface area (Å²) in [6, 6.07) is 4.29. The summed E-state index contributed by atoms with van der Waals surface area (Å²) in [6.45, 7) is 2.09. The van der Waals surface area contributed by atoms with Crippen molar-refractivity contribution in [1.29, 1.82) is 0 Å². The molecule has 0 unspecified atom stereocenters. The number of hydrogen-bond donors (Lipinski definition) is 0. The van der Waals surface area contributed by atoms with Gasteiger partial charge in [0.25, 0.3) is 11.6 Å². The SMILES string of the molecule is CCCc1noc(COc2cc([N+](=O)[O-])ccc2Br)n1. The highest BCUT2D eigenvalue weighted by Gasteiger charge is 2.12. The Balaban J connectivity index is 2.05. The zero-order valence-corrected chi connectivity index (χ0v) is 12.3. The number of nitro benzene ring substituents is 1. The highest BCUT2D eigenvalue weighted by molar-refractivity contribution is 9.10. The van der Waals surface area contributed by atoms with Gasteiger partial charge in [-0.05, 0) is 28.4 Å². The third-order valence-electron chi connectivity index (χ3n) is 2.46. The number of hydrogen-bond acceptors (Lipinski definition) is 6. The van der Waals surface area contributed by atoms with Crippen LogP contribution in [0.2, 0.25) is 0 Å². The van der Waals surface area contributed by atoms with E-state index in [0.29, 0.717) is 21.9 Å². The molecule has 7 nitrogen and oxygen atoms in total. The van der Waals surface area contributed by atoms with Crippen molar-refractivity contribution in [3.63, 3.8) is 0 Å². The molecule has 8 heteroatoms. The van der Waals surface area contributed by atoms with Gasteiger partial charge in [0.05, 0.1) is 15.5 Å². The number of aromatic nitrogens is 2. The predicted octanol–water partition coefficient (Wildman–Crippen LogP) is 3.27. The number of non-ortho nitro benzene ring substituents is 1. The Morgan fingerprint density at radius 2 is 2.30 bits per heavy atom. The van der Waals surface area contributed by atoms with Crippen molar-refractivity contribution in [2.24, 2.45) is 0 Å². The van der Waals surface area contributed by atoms with Crippen molar-refractivity contribution in [1.82, 2.24) is 10.1 Å². The monoisotopic (exact) mass is 341 g/mol. The third kappa shape index (κ3) is 3.53. The maximum Gasteiger partial charge on any atom is 0.273 e. The molecule has 20 heavy (non-hydrogen) atoms. The van der Waals surface area contributed by atoms with Crippen molar-refractivity contribution in [2.75, 3.05) is 0 Å². The average molecular weight is 342 g/mol. The van der Waals surface area contributed by atoms with Gasteiger partial charge in [0.1, 0.15) is 5.75 Å². The van der Waals surface area contributed by atoms with Crippen molar-refractivity contribution in [2.45, 2.75) is 26.4 Å². The van der Waals surface area contributed by atoms with Gasteiger partial charge in [-0.1, -0.05) is 12.1 Å². The molecule has 0 aliphatic rings. The van der Waals surface area contributed by atoms with Crippen LogP contribution >= 0.6 is 15.9 Å². The molecule has 0 saturated heterocycles. The molecule has 0 amide bonds. The van der Waals surface area contributed by atoms with Crippen LogP contribution < -0.4 is 4.74 Å². The Hall–Kier alpha value is -1.96. The number of rotatable bonds is 6. The summed E-state index contributed by atoms with van der Waals surface area (Å²) < 4.78 is 11.1. The van der Waals surface area contributed by atoms with Gasteiger partial charge < -0.3 is 9.26 Å². The summed E-state index contributed by atoms with van der Waals surface area (Å²) in [5, 5.41) is 14.5. The van der Waals surface area contributed by atoms with Gasteiger partial charge in [0.2, 0.25) is 0 Å². The van der Waals surface area contributed by atoms with Crippen molar-refractivity contribution in [3.8, 4) is 5.75 Å². The zero-order chi connectivity index (χ0) is 14.5. The van der Waals surface area contributed by atoms with Crippen molar-refractivity contribution < 1.29 is 14.2 Å². The smallest absolute Gasteiger partial charge is 0.273 e. The second-order valence-corrected chi connectivity index (χ2v) is 4.87. The van der Waals surface area contributed by atoms with E-state index in [1.165, 1.54) is 12.1 Å². The number of ether oxygens (including phenoxy) is 1. The van der Waals surface area contributed by atoms with Crippen LogP contribution in [0, 0.1) is 10.1 Å². The summed E-state index contributed by atoms with van der Waals surface area (Å²) in [7, 11) is 0. The Morgan fingerprint density at radius 3 is 3.00 bits per heavy atom. The standard InChI is InChI=1S/C12H12BrN3O4/c1-2-3-11-14-12(20-15-11)7-19-10-6-8(16(17)18)4-5-9(10)13/h4-6H,2-3,7H2,1H3. The molecule has 2 rings (SSSR count). The quantitative estimate of drug-likeness (QED) is 0.591. The largest absolute Gasteiger partial charge is 0.482 e. The minimum Gasteiger partial charge on any atom is -0.482 e. The summed E-state index contributed by atoms with van der Waals surface area (Å²) in [4.78, 5) is 14.4. The van der Waals surface area contributed by atoms with Gasteiger partial charge in [-0.15, -0.1) is 0 Å². The van der Waals surface area contributed by atoms with Gasteiger partial charge in [0, 0.05) is 12.5 Å². The molecule has 106 valence electrons. The van der Waals surface area contributed by atoms with Gasteiger partial charge in [0.15, 0.2) is 12.4 Å². The van der Waals surface area contributed by atoms with E-state index in [1.54, 1.807) is 6.07 Å². The first-order valence-corrected chi connectivity index (χ1v) is 6.77. The number of nitro groups is 1. The maximum atomic E-state index is 10.7. The van der Waals surface area contributed by atoms with Gasteiger partial charge in [-0.25, -0.2) is 0 Å². The fourth-order valence-electron chi connectivity index (χ4n) is 1.53. The summed E-state index contributed by atoms with van der Waals surface area (Å²) in [6.07, 6.45) is 1.67. The highest BCUT2D eigenvalue weighted by atomic mass is 79.9. The molecule has 1 aromatic heterocycles. The predicted molar refractivity (Wildman–Crippen MR) is 73.4 cm³/mol. The molecule has 0 spiro atoms. The highest BCUT2D eigenvalue weighted by Crippen LogP contribution is 2.29. The third-order valence-corrected chi connectivity index (χ3v) is 3.12. The van der Waals surface area contributed by atoms with Crippen molar-refractivity contribution >= 4 is 21.6 Å². The Labute approximate surface area is 123 Å². The summed E-state index contributed by atoms with van der Waals surface area (Å²) >= 11 is 3.27. The van der Waals surface area contributed by atoms with E-state index in [1.807, 2.05) is 6.92 Å². The van der Waals surface area contributed by atoms with Crippen LogP contribution in [0.25, 0.3) is 0 Å². The molecule has 2 aromatic rings. The second kappa shape index (κ2) is 6.47. The van der Waals surface area contributed by atoms with Crippen LogP contribution in [0.15, 0.2) is 27.2 Å². The number of halogens is 1. The molecule has 0 aliphatic carbocycles. The van der Waals surface area contributed by atoms with E-state index < -0.39 is 4.92 Å². The fraction of sp³-hybridized carbons (Fsp3) is 0.333. The first kappa shape index (κ1) is 14.4. The van der Waals surface area contributed by atoms with E-state index in [4.69, 9.17) is 9.26 Å². The molecule has 0 aliphatic heterocycles. The second-order valence-electron chi connectivity index (χ2n) is 4.01. The molecule has 0 N–H and O–H groups in total. The molecule has 0 bridgehead atoms. The van der Waals surface area contributed by atoms with Crippen LogP contribution in [0.4, 0.5) is 5.69 Å². The lowest BCUT2D eigenvalue weighted by Gasteiger charge is -2.05. The van der Waals surface area contributed by atoms with E-state index in [-0.39, 0.29) is 12.3 Å². The number of nitrogens with zero attached hydrogens (tertiary/aromatic N) is 3. The van der Waals surface area contributed by atoms with Crippen LogP contribution in [0.3, 0.4) is 0 Å². The van der Waals surface area contributed by atoms with Crippen LogP contribution in [0.5, 0.6) is 5.75 Å². The van der Waals surface area contributed by atoms with E-state index >= 15 is 0 Å². The van der Waals surface area contributed by atoms with Crippen LogP contribution in [0.1, 0.15) is 25.1 Å². The fourth-order valence-corrected chi connectivity index (χ4v) is 1.89. The molecule has 0 radical (unpaired) electrons. The molecule has 0 atom stereocenters. The molecule has 1 aromatic carbocycles. The molecule has 0 fully saturated rings. The Kier molecular flexibility index (Phi) is 4.67. The van der Waals surface area contributed by atoms with E-state index in [9.17, 15) is 10.1 Å². The summed E-state index contributed by atoms with van der Waals surface area (Å²) in [5.41, 5.74) is -0.0413. The lowest BCUT2D eigenvalue weighted by Crippen LogP contribution is -1.98. The minimum atomic E-state index is -0.481. The van der Waals surface area contributed by atoms with Crippen molar-refractivity contribution in [3.05, 3.63) is 44.5 Å². The molecule has 1 heterocycles. The first-order chi connectivity index (χ1) is 9.60. The van der Waals surface area contributed by atoms with Crippen LogP contribution in [-0.4, -0.2) is 15.1 Å². The number of benzene rings is 1. The van der Waals surface area contributed by atoms with E-state index in [0.717, 1.165) is 12.8 Å². The lowest BCUT2D eigenvalue weighted by atomic mass is 10.3. The van der Waals surface area contributed by atoms with Crippen LogP contribution in [-0.2, 0) is 13.0 Å². The average Bonchev–Trinajstić information content (AvgIpc) is 2.86. The minimum absolute atomic E-state index is 0.0413. The maximum absolute atomic E-state index is 10.7. The topological polar surface area (TPSA) is 91.3 Å². The molecular formula is C12H12BrN3O4. The summed E-state index contributed by atoms with van der Waals surface area (Å²) in [5.74, 6) is 1.32. The van der Waals surface area contributed by atoms with Gasteiger partial charge in [-0.2, -0.15) is 4.98 Å². The zero-order valence-electron chi connectivity index (χ0n) is 10.7. The van der Waals surface area contributed by atoms with Gasteiger partial charge in [-0.3, -0.25) is 10.1 Å². The van der Waals surface area contributed by atoms with E-state index in [2.05, 4.69) is 26.1 Å².